The summed E-state index contributed by atoms with van der Waals surface area (Å²) < 4.78 is 19.7. The van der Waals surface area contributed by atoms with Gasteiger partial charge >= 0.3 is 0 Å². The van der Waals surface area contributed by atoms with Crippen LogP contribution in [0.5, 0.6) is 0 Å². The van der Waals surface area contributed by atoms with Gasteiger partial charge in [0.25, 0.3) is 0 Å². The lowest BCUT2D eigenvalue weighted by atomic mass is 9.99. The summed E-state index contributed by atoms with van der Waals surface area (Å²) in [6.07, 6.45) is 1.65. The number of aromatic nitrogens is 2. The Morgan fingerprint density at radius 3 is 2.61 bits per heavy atom. The molecule has 2 aromatic heterocycles. The van der Waals surface area contributed by atoms with E-state index in [0.29, 0.717) is 24.4 Å². The van der Waals surface area contributed by atoms with E-state index in [1.807, 2.05) is 0 Å². The molecule has 28 heavy (non-hydrogen) atoms. The number of nitrogens with zero attached hydrogens (tertiary/aromatic N) is 5. The van der Waals surface area contributed by atoms with Crippen molar-refractivity contribution in [1.82, 2.24) is 19.8 Å². The monoisotopic (exact) mass is 425 g/mol. The number of hydrogen-bond donors (Lipinski definition) is 0. The molecule has 0 radical (unpaired) electrons. The van der Waals surface area contributed by atoms with Gasteiger partial charge in [-0.1, -0.05) is 0 Å². The second-order valence-corrected chi connectivity index (χ2v) is 9.38. The first kappa shape index (κ1) is 18.9. The average molecular weight is 426 g/mol. The molecular weight excluding hydrogens is 401 g/mol. The first-order chi connectivity index (χ1) is 13.7. The molecule has 0 unspecified atom stereocenters. The number of rotatable bonds is 4. The zero-order valence-corrected chi connectivity index (χ0v) is 17.4. The van der Waals surface area contributed by atoms with Gasteiger partial charge in [0.1, 0.15) is 6.17 Å². The highest BCUT2D eigenvalue weighted by atomic mass is 35.5. The van der Waals surface area contributed by atoms with E-state index in [1.165, 1.54) is 4.88 Å². The summed E-state index contributed by atoms with van der Waals surface area (Å²) in [6.45, 7) is 7.42. The molecule has 0 spiro atoms. The summed E-state index contributed by atoms with van der Waals surface area (Å²) in [7, 11) is 0. The lowest BCUT2D eigenvalue weighted by Gasteiger charge is -2.44. The van der Waals surface area contributed by atoms with Crippen LogP contribution in [0.2, 0.25) is 5.28 Å². The van der Waals surface area contributed by atoms with E-state index < -0.39 is 6.17 Å². The Hall–Kier alpha value is -1.06. The Balaban J connectivity index is 1.28. The smallest absolute Gasteiger partial charge is 0.224 e. The van der Waals surface area contributed by atoms with Crippen molar-refractivity contribution in [1.29, 1.82) is 0 Å². The van der Waals surface area contributed by atoms with Crippen molar-refractivity contribution in [3.8, 4) is 0 Å². The molecule has 0 atom stereocenters. The summed E-state index contributed by atoms with van der Waals surface area (Å²) in [5.41, 5.74) is 0.936. The van der Waals surface area contributed by atoms with Gasteiger partial charge in [0.05, 0.1) is 23.4 Å². The standard InChI is InChI=1S/C19H25ClFN5OS/c20-19-22-16-9-15(28-17(16)18(23-19)25-5-7-27-8-6-25)12-24-3-1-14(2-4-24)26-10-13(21)11-26/h9,13-14H,1-8,10-12H2. The highest BCUT2D eigenvalue weighted by molar-refractivity contribution is 7.19. The van der Waals surface area contributed by atoms with Crippen LogP contribution in [-0.4, -0.2) is 84.5 Å². The summed E-state index contributed by atoms with van der Waals surface area (Å²) in [5, 5.41) is 0.305. The van der Waals surface area contributed by atoms with Crippen molar-refractivity contribution >= 4 is 39.0 Å². The Morgan fingerprint density at radius 2 is 1.89 bits per heavy atom. The Labute approximate surface area is 173 Å². The normalized spacial score (nSPS) is 23.4. The van der Waals surface area contributed by atoms with Crippen LogP contribution in [0, 0.1) is 0 Å². The van der Waals surface area contributed by atoms with Crippen molar-refractivity contribution < 1.29 is 9.13 Å². The van der Waals surface area contributed by atoms with Crippen molar-refractivity contribution in [2.75, 3.05) is 57.4 Å². The molecule has 0 aliphatic carbocycles. The summed E-state index contributed by atoms with van der Waals surface area (Å²) in [6, 6.07) is 2.72. The first-order valence-corrected chi connectivity index (χ1v) is 11.2. The van der Waals surface area contributed by atoms with E-state index in [9.17, 15) is 4.39 Å². The third-order valence-electron chi connectivity index (χ3n) is 6.01. The second-order valence-electron chi connectivity index (χ2n) is 7.90. The second kappa shape index (κ2) is 7.99. The number of fused-ring (bicyclic) bond motifs is 1. The fraction of sp³-hybridized carbons (Fsp3) is 0.684. The van der Waals surface area contributed by atoms with Crippen LogP contribution >= 0.6 is 22.9 Å². The lowest BCUT2D eigenvalue weighted by Crippen LogP contribution is -2.56. The molecule has 9 heteroatoms. The Bertz CT molecular complexity index is 831. The molecule has 6 nitrogen and oxygen atoms in total. The molecule has 5 rings (SSSR count). The van der Waals surface area contributed by atoms with Gasteiger partial charge in [-0.05, 0) is 30.5 Å². The van der Waals surface area contributed by atoms with Gasteiger partial charge in [0, 0.05) is 56.7 Å². The molecule has 3 aliphatic rings. The largest absolute Gasteiger partial charge is 0.378 e. The molecule has 0 aromatic carbocycles. The fourth-order valence-corrected chi connectivity index (χ4v) is 5.75. The number of morpholine rings is 1. The molecule has 3 aliphatic heterocycles. The van der Waals surface area contributed by atoms with Gasteiger partial charge in [-0.3, -0.25) is 9.80 Å². The van der Waals surface area contributed by atoms with Crippen LogP contribution in [0.1, 0.15) is 17.7 Å². The van der Waals surface area contributed by atoms with E-state index in [4.69, 9.17) is 16.3 Å². The quantitative estimate of drug-likeness (QED) is 0.702. The maximum absolute atomic E-state index is 13.1. The summed E-state index contributed by atoms with van der Waals surface area (Å²) in [4.78, 5) is 17.3. The Kier molecular flexibility index (Phi) is 5.40. The van der Waals surface area contributed by atoms with E-state index in [0.717, 1.165) is 74.8 Å². The molecule has 3 fully saturated rings. The number of halogens is 2. The summed E-state index contributed by atoms with van der Waals surface area (Å²) >= 11 is 7.98. The Morgan fingerprint density at radius 1 is 1.14 bits per heavy atom. The van der Waals surface area contributed by atoms with Crippen LogP contribution in [-0.2, 0) is 11.3 Å². The van der Waals surface area contributed by atoms with Crippen LogP contribution in [0.15, 0.2) is 6.07 Å². The SMILES string of the molecule is FC1CN(C2CCN(Cc3cc4nc(Cl)nc(N5CCOCC5)c4s3)CC2)C1. The van der Waals surface area contributed by atoms with E-state index in [-0.39, 0.29) is 0 Å². The number of thiophene rings is 1. The molecule has 5 heterocycles. The molecule has 3 saturated heterocycles. The van der Waals surface area contributed by atoms with Gasteiger partial charge in [-0.2, -0.15) is 4.98 Å². The molecule has 0 amide bonds. The van der Waals surface area contributed by atoms with Crippen LogP contribution in [0.4, 0.5) is 10.2 Å². The molecule has 152 valence electrons. The number of hydrogen-bond acceptors (Lipinski definition) is 7. The average Bonchev–Trinajstić information content (AvgIpc) is 3.08. The first-order valence-electron chi connectivity index (χ1n) is 10.0. The zero-order chi connectivity index (χ0) is 19.1. The van der Waals surface area contributed by atoms with E-state index in [2.05, 4.69) is 30.7 Å². The molecule has 0 bridgehead atoms. The number of likely N-dealkylation sites (tertiary alicyclic amines) is 2. The van der Waals surface area contributed by atoms with Gasteiger partial charge in [0.15, 0.2) is 5.82 Å². The third kappa shape index (κ3) is 3.85. The zero-order valence-electron chi connectivity index (χ0n) is 15.8. The minimum atomic E-state index is -0.606. The highest BCUT2D eigenvalue weighted by Crippen LogP contribution is 2.34. The number of ether oxygens (including phenoxy) is 1. The predicted octanol–water partition coefficient (Wildman–Crippen LogP) is 2.80. The van der Waals surface area contributed by atoms with E-state index in [1.54, 1.807) is 11.3 Å². The topological polar surface area (TPSA) is 44.7 Å². The number of anilines is 1. The van der Waals surface area contributed by atoms with Crippen molar-refractivity contribution in [2.24, 2.45) is 0 Å². The lowest BCUT2D eigenvalue weighted by molar-refractivity contribution is 0.00133. The minimum Gasteiger partial charge on any atom is -0.378 e. The van der Waals surface area contributed by atoms with Crippen molar-refractivity contribution in [3.05, 3.63) is 16.2 Å². The highest BCUT2D eigenvalue weighted by Gasteiger charge is 2.34. The van der Waals surface area contributed by atoms with Gasteiger partial charge in [-0.15, -0.1) is 11.3 Å². The van der Waals surface area contributed by atoms with Gasteiger partial charge in [0.2, 0.25) is 5.28 Å². The molecule has 2 aromatic rings. The minimum absolute atomic E-state index is 0.305. The predicted molar refractivity (Wildman–Crippen MR) is 110 cm³/mol. The molecule has 0 N–H and O–H groups in total. The van der Waals surface area contributed by atoms with Crippen molar-refractivity contribution in [3.63, 3.8) is 0 Å². The van der Waals surface area contributed by atoms with Crippen molar-refractivity contribution in [2.45, 2.75) is 31.6 Å². The number of piperidine rings is 1. The molecule has 0 saturated carbocycles. The van der Waals surface area contributed by atoms with Crippen LogP contribution in [0.25, 0.3) is 10.2 Å². The van der Waals surface area contributed by atoms with Crippen LogP contribution in [0.3, 0.4) is 0 Å². The fourth-order valence-electron chi connectivity index (χ4n) is 4.42. The number of alkyl halides is 1. The van der Waals surface area contributed by atoms with Gasteiger partial charge < -0.3 is 9.64 Å². The maximum atomic E-state index is 13.1. The third-order valence-corrected chi connectivity index (χ3v) is 7.28. The van der Waals surface area contributed by atoms with Crippen LogP contribution < -0.4 is 4.90 Å². The summed E-state index contributed by atoms with van der Waals surface area (Å²) in [5.74, 6) is 0.937. The van der Waals surface area contributed by atoms with Gasteiger partial charge in [-0.25, -0.2) is 9.37 Å². The van der Waals surface area contributed by atoms with E-state index >= 15 is 0 Å². The maximum Gasteiger partial charge on any atom is 0.224 e. The molecular formula is C19H25ClFN5OS.